The van der Waals surface area contributed by atoms with Crippen LogP contribution in [-0.2, 0) is 6.42 Å². The molecule has 4 heteroatoms. The summed E-state index contributed by atoms with van der Waals surface area (Å²) >= 11 is 6.00. The molecule has 1 heterocycles. The highest BCUT2D eigenvalue weighted by atomic mass is 35.5. The summed E-state index contributed by atoms with van der Waals surface area (Å²) in [5, 5.41) is 0.584. The molecule has 0 bridgehead atoms. The Morgan fingerprint density at radius 1 is 1.19 bits per heavy atom. The summed E-state index contributed by atoms with van der Waals surface area (Å²) < 4.78 is 14.0. The Hall–Kier alpha value is -0.640. The molecule has 1 aliphatic heterocycles. The summed E-state index contributed by atoms with van der Waals surface area (Å²) in [6.45, 7) is 2.29. The van der Waals surface area contributed by atoms with Crippen molar-refractivity contribution >= 4 is 11.6 Å². The van der Waals surface area contributed by atoms with Gasteiger partial charge in [0.15, 0.2) is 0 Å². The van der Waals surface area contributed by atoms with Gasteiger partial charge in [0.2, 0.25) is 0 Å². The van der Waals surface area contributed by atoms with Crippen molar-refractivity contribution in [2.45, 2.75) is 56.5 Å². The third kappa shape index (κ3) is 2.96. The molecule has 1 unspecified atom stereocenters. The zero-order valence-corrected chi connectivity index (χ0v) is 13.2. The van der Waals surface area contributed by atoms with Gasteiger partial charge in [0.25, 0.3) is 0 Å². The van der Waals surface area contributed by atoms with E-state index in [1.165, 1.54) is 31.7 Å². The van der Waals surface area contributed by atoms with Crippen LogP contribution in [-0.4, -0.2) is 29.6 Å². The molecule has 2 aliphatic rings. The molecular formula is C17H24ClFN2. The summed E-state index contributed by atoms with van der Waals surface area (Å²) in [6, 6.07) is 4.74. The average molecular weight is 311 g/mol. The Bertz CT molecular complexity index is 494. The third-order valence-electron chi connectivity index (χ3n) is 5.34. The van der Waals surface area contributed by atoms with Gasteiger partial charge in [-0.2, -0.15) is 0 Å². The van der Waals surface area contributed by atoms with Gasteiger partial charge >= 0.3 is 0 Å². The van der Waals surface area contributed by atoms with Crippen LogP contribution in [0, 0.1) is 5.82 Å². The number of halogens is 2. The van der Waals surface area contributed by atoms with Gasteiger partial charge in [0.1, 0.15) is 5.82 Å². The molecule has 0 radical (unpaired) electrons. The molecule has 0 spiro atoms. The van der Waals surface area contributed by atoms with Gasteiger partial charge in [-0.25, -0.2) is 4.39 Å². The van der Waals surface area contributed by atoms with E-state index in [1.54, 1.807) is 12.1 Å². The minimum Gasteiger partial charge on any atom is -0.326 e. The van der Waals surface area contributed by atoms with Gasteiger partial charge in [-0.3, -0.25) is 4.90 Å². The highest BCUT2D eigenvalue weighted by Crippen LogP contribution is 2.40. The maximum absolute atomic E-state index is 14.0. The van der Waals surface area contributed by atoms with Crippen molar-refractivity contribution in [1.82, 2.24) is 4.90 Å². The van der Waals surface area contributed by atoms with Crippen molar-refractivity contribution in [3.63, 3.8) is 0 Å². The Kier molecular flexibility index (Phi) is 4.53. The molecule has 1 atom stereocenters. The first-order valence-electron chi connectivity index (χ1n) is 8.06. The quantitative estimate of drug-likeness (QED) is 0.917. The van der Waals surface area contributed by atoms with Crippen LogP contribution >= 0.6 is 11.6 Å². The molecule has 0 amide bonds. The van der Waals surface area contributed by atoms with E-state index in [4.69, 9.17) is 17.3 Å². The van der Waals surface area contributed by atoms with Crippen LogP contribution in [0.4, 0.5) is 4.39 Å². The summed E-state index contributed by atoms with van der Waals surface area (Å²) in [6.07, 6.45) is 7.88. The van der Waals surface area contributed by atoms with E-state index < -0.39 is 0 Å². The van der Waals surface area contributed by atoms with E-state index >= 15 is 0 Å². The molecule has 116 valence electrons. The predicted molar refractivity (Wildman–Crippen MR) is 85.1 cm³/mol. The first-order valence-corrected chi connectivity index (χ1v) is 8.44. The first kappa shape index (κ1) is 15.3. The second kappa shape index (κ2) is 6.23. The van der Waals surface area contributed by atoms with Crippen molar-refractivity contribution < 1.29 is 4.39 Å². The Labute approximate surface area is 131 Å². The molecule has 1 saturated heterocycles. The van der Waals surface area contributed by atoms with Crippen molar-refractivity contribution in [3.05, 3.63) is 34.6 Å². The van der Waals surface area contributed by atoms with Gasteiger partial charge in [-0.1, -0.05) is 24.4 Å². The lowest BCUT2D eigenvalue weighted by atomic mass is 9.83. The second-order valence-electron chi connectivity index (χ2n) is 6.55. The number of rotatable bonds is 4. The molecule has 2 N–H and O–H groups in total. The van der Waals surface area contributed by atoms with E-state index in [9.17, 15) is 4.39 Å². The minimum atomic E-state index is -0.190. The summed E-state index contributed by atoms with van der Waals surface area (Å²) in [5.74, 6) is -0.190. The largest absolute Gasteiger partial charge is 0.326 e. The fourth-order valence-corrected chi connectivity index (χ4v) is 4.39. The highest BCUT2D eigenvalue weighted by molar-refractivity contribution is 6.30. The predicted octanol–water partition coefficient (Wildman–Crippen LogP) is 3.76. The van der Waals surface area contributed by atoms with Gasteiger partial charge in [-0.05, 0) is 69.0 Å². The molecule has 2 fully saturated rings. The summed E-state index contributed by atoms with van der Waals surface area (Å²) in [4.78, 5) is 2.58. The van der Waals surface area contributed by atoms with E-state index in [2.05, 4.69) is 4.90 Å². The van der Waals surface area contributed by atoms with Crippen LogP contribution in [0.15, 0.2) is 18.2 Å². The van der Waals surface area contributed by atoms with Crippen LogP contribution in [0.5, 0.6) is 0 Å². The topological polar surface area (TPSA) is 29.3 Å². The molecule has 1 aliphatic carbocycles. The van der Waals surface area contributed by atoms with Gasteiger partial charge in [0.05, 0.1) is 0 Å². The standard InChI is InChI=1S/C17H24ClFN2/c18-14-5-6-15(19)13(11-14)12-16(20)17(7-1-2-8-17)21-9-3-4-10-21/h5-6,11,16H,1-4,7-10,12,20H2. The van der Waals surface area contributed by atoms with Crippen LogP contribution in [0.1, 0.15) is 44.1 Å². The molecule has 0 aromatic heterocycles. The van der Waals surface area contributed by atoms with E-state index in [1.807, 2.05) is 0 Å². The number of hydrogen-bond donors (Lipinski definition) is 1. The number of likely N-dealkylation sites (tertiary alicyclic amines) is 1. The molecule has 1 aromatic carbocycles. The van der Waals surface area contributed by atoms with Crippen molar-refractivity contribution in [2.75, 3.05) is 13.1 Å². The Morgan fingerprint density at radius 3 is 2.52 bits per heavy atom. The van der Waals surface area contributed by atoms with Crippen LogP contribution < -0.4 is 5.73 Å². The summed E-state index contributed by atoms with van der Waals surface area (Å²) in [5.41, 5.74) is 7.32. The lowest BCUT2D eigenvalue weighted by Gasteiger charge is -2.43. The monoisotopic (exact) mass is 310 g/mol. The molecule has 2 nitrogen and oxygen atoms in total. The van der Waals surface area contributed by atoms with E-state index in [0.29, 0.717) is 17.0 Å². The smallest absolute Gasteiger partial charge is 0.126 e. The van der Waals surface area contributed by atoms with Gasteiger partial charge < -0.3 is 5.73 Å². The average Bonchev–Trinajstić information content (AvgIpc) is 3.13. The SMILES string of the molecule is NC(Cc1cc(Cl)ccc1F)C1(N2CCCC2)CCCC1. The summed E-state index contributed by atoms with van der Waals surface area (Å²) in [7, 11) is 0. The first-order chi connectivity index (χ1) is 10.1. The molecule has 1 saturated carbocycles. The van der Waals surface area contributed by atoms with Crippen LogP contribution in [0.3, 0.4) is 0 Å². The molecule has 1 aromatic rings. The van der Waals surface area contributed by atoms with Crippen molar-refractivity contribution in [1.29, 1.82) is 0 Å². The molecule has 3 rings (SSSR count). The van der Waals surface area contributed by atoms with E-state index in [0.717, 1.165) is 25.9 Å². The van der Waals surface area contributed by atoms with Crippen molar-refractivity contribution in [2.24, 2.45) is 5.73 Å². The number of benzene rings is 1. The van der Waals surface area contributed by atoms with Crippen LogP contribution in [0.25, 0.3) is 0 Å². The zero-order valence-electron chi connectivity index (χ0n) is 12.5. The Balaban J connectivity index is 1.81. The lowest BCUT2D eigenvalue weighted by molar-refractivity contribution is 0.0918. The number of nitrogens with zero attached hydrogens (tertiary/aromatic N) is 1. The van der Waals surface area contributed by atoms with E-state index in [-0.39, 0.29) is 17.4 Å². The fourth-order valence-electron chi connectivity index (χ4n) is 4.20. The third-order valence-corrected chi connectivity index (χ3v) is 5.58. The normalized spacial score (nSPS) is 23.6. The molecular weight excluding hydrogens is 287 g/mol. The second-order valence-corrected chi connectivity index (χ2v) is 6.99. The molecule has 21 heavy (non-hydrogen) atoms. The number of hydrogen-bond acceptors (Lipinski definition) is 2. The zero-order chi connectivity index (χ0) is 14.9. The van der Waals surface area contributed by atoms with Gasteiger partial charge in [0, 0.05) is 16.6 Å². The highest BCUT2D eigenvalue weighted by Gasteiger charge is 2.45. The maximum Gasteiger partial charge on any atom is 0.126 e. The number of nitrogens with two attached hydrogens (primary N) is 1. The maximum atomic E-state index is 14.0. The minimum absolute atomic E-state index is 0.0222. The Morgan fingerprint density at radius 2 is 1.86 bits per heavy atom. The lowest BCUT2D eigenvalue weighted by Crippen LogP contribution is -2.58. The fraction of sp³-hybridized carbons (Fsp3) is 0.647. The van der Waals surface area contributed by atoms with Crippen molar-refractivity contribution in [3.8, 4) is 0 Å². The van der Waals surface area contributed by atoms with Gasteiger partial charge in [-0.15, -0.1) is 0 Å². The van der Waals surface area contributed by atoms with Crippen LogP contribution in [0.2, 0.25) is 5.02 Å².